The minimum absolute atomic E-state index is 0.347. The molecule has 0 N–H and O–H groups in total. The average molecular weight is 202 g/mol. The predicted octanol–water partition coefficient (Wildman–Crippen LogP) is 3.54. The number of hydrogen-bond acceptors (Lipinski definition) is 1. The molecule has 1 nitrogen and oxygen atoms in total. The molecule has 1 aromatic carbocycles. The molecule has 0 fully saturated rings. The zero-order valence-corrected chi connectivity index (χ0v) is 9.28. The topological polar surface area (TPSA) is 17.1 Å². The highest BCUT2D eigenvalue weighted by atomic mass is 16.1. The van der Waals surface area contributed by atoms with Crippen molar-refractivity contribution in [2.45, 2.75) is 32.6 Å². The van der Waals surface area contributed by atoms with Crippen LogP contribution >= 0.6 is 0 Å². The molecular weight excluding hydrogens is 184 g/mol. The van der Waals surface area contributed by atoms with E-state index in [0.29, 0.717) is 18.6 Å². The molecule has 80 valence electrons. The Morgan fingerprint density at radius 3 is 2.60 bits per heavy atom. The zero-order chi connectivity index (χ0) is 10.9. The lowest BCUT2D eigenvalue weighted by molar-refractivity contribution is -0.118. The molecule has 0 amide bonds. The van der Waals surface area contributed by atoms with E-state index in [1.807, 2.05) is 25.1 Å². The Kier molecular flexibility index (Phi) is 5.46. The maximum absolute atomic E-state index is 11.0. The van der Waals surface area contributed by atoms with Gasteiger partial charge in [-0.1, -0.05) is 49.4 Å². The van der Waals surface area contributed by atoms with Gasteiger partial charge in [0.05, 0.1) is 0 Å². The van der Waals surface area contributed by atoms with Gasteiger partial charge in [-0.05, 0) is 18.4 Å². The van der Waals surface area contributed by atoms with Crippen molar-refractivity contribution >= 4 is 5.78 Å². The van der Waals surface area contributed by atoms with Crippen LogP contribution in [-0.2, 0) is 11.2 Å². The van der Waals surface area contributed by atoms with Crippen LogP contribution in [0.2, 0.25) is 0 Å². The summed E-state index contributed by atoms with van der Waals surface area (Å²) in [6.07, 6.45) is 7.41. The van der Waals surface area contributed by atoms with Crippen LogP contribution in [0.4, 0.5) is 0 Å². The Balaban J connectivity index is 2.20. The first-order valence-electron chi connectivity index (χ1n) is 5.53. The van der Waals surface area contributed by atoms with Crippen LogP contribution in [0.1, 0.15) is 31.7 Å². The van der Waals surface area contributed by atoms with Crippen LogP contribution in [0.15, 0.2) is 42.5 Å². The van der Waals surface area contributed by atoms with Crippen LogP contribution in [-0.4, -0.2) is 5.78 Å². The Morgan fingerprint density at radius 2 is 1.93 bits per heavy atom. The number of carbonyl (C=O) groups excluding carboxylic acids is 1. The van der Waals surface area contributed by atoms with E-state index >= 15 is 0 Å². The fraction of sp³-hybridized carbons (Fsp3) is 0.357. The molecule has 0 spiro atoms. The van der Waals surface area contributed by atoms with Gasteiger partial charge in [0.25, 0.3) is 0 Å². The normalized spacial score (nSPS) is 10.7. The molecule has 0 aliphatic rings. The van der Waals surface area contributed by atoms with Gasteiger partial charge >= 0.3 is 0 Å². The highest BCUT2D eigenvalue weighted by molar-refractivity contribution is 5.78. The molecule has 0 atom stereocenters. The van der Waals surface area contributed by atoms with E-state index in [-0.39, 0.29) is 0 Å². The first kappa shape index (κ1) is 11.7. The van der Waals surface area contributed by atoms with Crippen molar-refractivity contribution in [3.63, 3.8) is 0 Å². The van der Waals surface area contributed by atoms with Gasteiger partial charge in [0, 0.05) is 12.8 Å². The lowest BCUT2D eigenvalue weighted by Gasteiger charge is -1.94. The SMILES string of the molecule is CCC(=O)CCC=CCc1ccccc1. The molecule has 0 aliphatic heterocycles. The molecule has 0 aromatic heterocycles. The second-order valence-electron chi connectivity index (χ2n) is 3.59. The fourth-order valence-electron chi connectivity index (χ4n) is 1.37. The van der Waals surface area contributed by atoms with Crippen molar-refractivity contribution in [1.29, 1.82) is 0 Å². The summed E-state index contributed by atoms with van der Waals surface area (Å²) in [6.45, 7) is 1.91. The van der Waals surface area contributed by atoms with Crippen molar-refractivity contribution in [1.82, 2.24) is 0 Å². The predicted molar refractivity (Wildman–Crippen MR) is 63.8 cm³/mol. The summed E-state index contributed by atoms with van der Waals surface area (Å²) in [6, 6.07) is 10.3. The second-order valence-corrected chi connectivity index (χ2v) is 3.59. The highest BCUT2D eigenvalue weighted by Gasteiger charge is 1.94. The van der Waals surface area contributed by atoms with Crippen molar-refractivity contribution < 1.29 is 4.79 Å². The average Bonchev–Trinajstić information content (AvgIpc) is 2.29. The Morgan fingerprint density at radius 1 is 1.20 bits per heavy atom. The first-order valence-corrected chi connectivity index (χ1v) is 5.53. The van der Waals surface area contributed by atoms with Crippen LogP contribution in [0, 0.1) is 0 Å². The summed E-state index contributed by atoms with van der Waals surface area (Å²) in [7, 11) is 0. The largest absolute Gasteiger partial charge is 0.300 e. The van der Waals surface area contributed by atoms with Crippen molar-refractivity contribution in [2.75, 3.05) is 0 Å². The number of benzene rings is 1. The maximum atomic E-state index is 11.0. The fourth-order valence-corrected chi connectivity index (χ4v) is 1.37. The quantitative estimate of drug-likeness (QED) is 0.645. The van der Waals surface area contributed by atoms with E-state index in [2.05, 4.69) is 24.3 Å². The number of hydrogen-bond donors (Lipinski definition) is 0. The molecule has 0 saturated carbocycles. The summed E-state index contributed by atoms with van der Waals surface area (Å²) in [4.78, 5) is 11.0. The van der Waals surface area contributed by atoms with E-state index in [9.17, 15) is 4.79 Å². The van der Waals surface area contributed by atoms with Gasteiger partial charge in [-0.2, -0.15) is 0 Å². The summed E-state index contributed by atoms with van der Waals surface area (Å²) in [5.41, 5.74) is 1.32. The lowest BCUT2D eigenvalue weighted by atomic mass is 10.1. The van der Waals surface area contributed by atoms with E-state index in [4.69, 9.17) is 0 Å². The molecule has 0 radical (unpaired) electrons. The number of ketones is 1. The van der Waals surface area contributed by atoms with Crippen molar-refractivity contribution in [3.05, 3.63) is 48.0 Å². The zero-order valence-electron chi connectivity index (χ0n) is 9.28. The molecule has 0 heterocycles. The number of allylic oxidation sites excluding steroid dienone is 2. The van der Waals surface area contributed by atoms with E-state index in [1.165, 1.54) is 5.56 Å². The summed E-state index contributed by atoms with van der Waals surface area (Å²) >= 11 is 0. The van der Waals surface area contributed by atoms with Crippen LogP contribution in [0.3, 0.4) is 0 Å². The number of rotatable bonds is 6. The van der Waals surface area contributed by atoms with Crippen LogP contribution < -0.4 is 0 Å². The van der Waals surface area contributed by atoms with Crippen molar-refractivity contribution in [3.8, 4) is 0 Å². The third-order valence-corrected chi connectivity index (χ3v) is 2.35. The van der Waals surface area contributed by atoms with E-state index in [1.54, 1.807) is 0 Å². The highest BCUT2D eigenvalue weighted by Crippen LogP contribution is 2.02. The molecule has 15 heavy (non-hydrogen) atoms. The third kappa shape index (κ3) is 5.16. The van der Waals surface area contributed by atoms with Crippen LogP contribution in [0.5, 0.6) is 0 Å². The van der Waals surface area contributed by atoms with E-state index in [0.717, 1.165) is 12.8 Å². The summed E-state index contributed by atoms with van der Waals surface area (Å²) in [5, 5.41) is 0. The van der Waals surface area contributed by atoms with Gasteiger partial charge < -0.3 is 0 Å². The molecule has 1 aromatic rings. The molecule has 0 aliphatic carbocycles. The second kappa shape index (κ2) is 6.99. The lowest BCUT2D eigenvalue weighted by Crippen LogP contribution is -1.92. The van der Waals surface area contributed by atoms with Gasteiger partial charge in [-0.25, -0.2) is 0 Å². The molecule has 0 saturated heterocycles. The van der Waals surface area contributed by atoms with E-state index < -0.39 is 0 Å². The molecule has 1 heteroatoms. The minimum Gasteiger partial charge on any atom is -0.300 e. The van der Waals surface area contributed by atoms with Gasteiger partial charge in [0.15, 0.2) is 0 Å². The van der Waals surface area contributed by atoms with Gasteiger partial charge in [0.2, 0.25) is 0 Å². The Bertz CT molecular complexity index is 311. The third-order valence-electron chi connectivity index (χ3n) is 2.35. The number of carbonyl (C=O) groups is 1. The smallest absolute Gasteiger partial charge is 0.132 e. The van der Waals surface area contributed by atoms with Crippen LogP contribution in [0.25, 0.3) is 0 Å². The van der Waals surface area contributed by atoms with Gasteiger partial charge in [-0.3, -0.25) is 4.79 Å². The number of Topliss-reactive ketones (excluding diaryl/α,β-unsaturated/α-hetero) is 1. The van der Waals surface area contributed by atoms with Gasteiger partial charge in [0.1, 0.15) is 5.78 Å². The summed E-state index contributed by atoms with van der Waals surface area (Å²) < 4.78 is 0. The molecule has 1 rings (SSSR count). The minimum atomic E-state index is 0.347. The molecular formula is C14H18O. The first-order chi connectivity index (χ1) is 7.33. The monoisotopic (exact) mass is 202 g/mol. The molecule has 0 bridgehead atoms. The molecule has 0 unspecified atom stereocenters. The Labute approximate surface area is 91.8 Å². The maximum Gasteiger partial charge on any atom is 0.132 e. The summed E-state index contributed by atoms with van der Waals surface area (Å²) in [5.74, 6) is 0.347. The van der Waals surface area contributed by atoms with Crippen molar-refractivity contribution in [2.24, 2.45) is 0 Å². The van der Waals surface area contributed by atoms with Gasteiger partial charge in [-0.15, -0.1) is 0 Å². The Hall–Kier alpha value is -1.37. The standard InChI is InChI=1S/C14H18O/c1-2-14(15)12-8-4-7-11-13-9-5-3-6-10-13/h3-7,9-10H,2,8,11-12H2,1H3.